The van der Waals surface area contributed by atoms with E-state index in [2.05, 4.69) is 6.58 Å². The van der Waals surface area contributed by atoms with Crippen LogP contribution in [0.2, 0.25) is 0 Å². The molecule has 1 aromatic rings. The molecule has 0 saturated heterocycles. The summed E-state index contributed by atoms with van der Waals surface area (Å²) >= 11 is 0. The molecule has 3 heteroatoms. The summed E-state index contributed by atoms with van der Waals surface area (Å²) in [7, 11) is 0. The molecule has 0 saturated carbocycles. The lowest BCUT2D eigenvalue weighted by Crippen LogP contribution is -1.92. The average Bonchev–Trinajstić information content (AvgIpc) is 2.04. The minimum Gasteiger partial charge on any atom is -0.478 e. The maximum Gasteiger partial charge on any atom is 0.330 e. The van der Waals surface area contributed by atoms with Crippen LogP contribution in [0.5, 0.6) is 0 Å². The van der Waals surface area contributed by atoms with Crippen molar-refractivity contribution in [3.05, 3.63) is 42.0 Å². The van der Waals surface area contributed by atoms with Gasteiger partial charge in [0, 0.05) is 11.3 Å². The molecule has 0 aliphatic rings. The van der Waals surface area contributed by atoms with Gasteiger partial charge >= 0.3 is 5.97 Å². The highest BCUT2D eigenvalue weighted by Crippen LogP contribution is 2.03. The quantitative estimate of drug-likeness (QED) is 0.531. The topological polar surface area (TPSA) is 63.3 Å². The highest BCUT2D eigenvalue weighted by Gasteiger charge is 1.90. The molecule has 0 aromatic heterocycles. The van der Waals surface area contributed by atoms with Crippen molar-refractivity contribution in [1.29, 1.82) is 0 Å². The molecule has 0 fully saturated rings. The second-order valence-electron chi connectivity index (χ2n) is 3.00. The average molecular weight is 193 g/mol. The Morgan fingerprint density at radius 3 is 2.21 bits per heavy atom. The van der Waals surface area contributed by atoms with Crippen molar-refractivity contribution < 1.29 is 9.90 Å². The number of aliphatic carboxylic acids is 1. The molecule has 0 unspecified atom stereocenters. The molecule has 0 amide bonds. The fraction of sp³-hybridized carbons (Fsp3) is 0.182. The molecule has 3 nitrogen and oxygen atoms in total. The van der Waals surface area contributed by atoms with Gasteiger partial charge in [-0.2, -0.15) is 0 Å². The van der Waals surface area contributed by atoms with Gasteiger partial charge in [-0.3, -0.25) is 0 Å². The molecule has 1 rings (SSSR count). The van der Waals surface area contributed by atoms with E-state index in [0.29, 0.717) is 0 Å². The van der Waals surface area contributed by atoms with Gasteiger partial charge in [-0.1, -0.05) is 18.7 Å². The number of carboxylic acids is 1. The van der Waals surface area contributed by atoms with Gasteiger partial charge in [-0.15, -0.1) is 0 Å². The number of aryl methyl sites for hydroxylation is 1. The zero-order valence-electron chi connectivity index (χ0n) is 8.45. The first-order chi connectivity index (χ1) is 6.43. The smallest absolute Gasteiger partial charge is 0.330 e. The van der Waals surface area contributed by atoms with Crippen LogP contribution in [0.15, 0.2) is 36.4 Å². The third-order valence-corrected chi connectivity index (χ3v) is 1.41. The van der Waals surface area contributed by atoms with Crippen molar-refractivity contribution in [2.45, 2.75) is 13.8 Å². The molecule has 0 spiro atoms. The van der Waals surface area contributed by atoms with Crippen molar-refractivity contribution in [2.75, 3.05) is 5.73 Å². The predicted octanol–water partition coefficient (Wildman–Crippen LogP) is 2.22. The number of carboxylic acid groups (broad SMARTS) is 1. The number of benzene rings is 1. The molecule has 0 bridgehead atoms. The van der Waals surface area contributed by atoms with Crippen LogP contribution in [0.25, 0.3) is 0 Å². The maximum atomic E-state index is 9.60. The zero-order chi connectivity index (χ0) is 11.1. The Labute approximate surface area is 83.9 Å². The molecule has 14 heavy (non-hydrogen) atoms. The monoisotopic (exact) mass is 193 g/mol. The summed E-state index contributed by atoms with van der Waals surface area (Å²) in [6, 6.07) is 7.80. The van der Waals surface area contributed by atoms with Gasteiger partial charge in [-0.25, -0.2) is 4.79 Å². The van der Waals surface area contributed by atoms with Gasteiger partial charge in [0.25, 0.3) is 0 Å². The second kappa shape index (κ2) is 5.80. The summed E-state index contributed by atoms with van der Waals surface area (Å²) < 4.78 is 0. The van der Waals surface area contributed by atoms with E-state index in [4.69, 9.17) is 10.8 Å². The third-order valence-electron chi connectivity index (χ3n) is 1.41. The third kappa shape index (κ3) is 5.83. The van der Waals surface area contributed by atoms with Crippen molar-refractivity contribution in [3.8, 4) is 0 Å². The summed E-state index contributed by atoms with van der Waals surface area (Å²) in [6.07, 6.45) is 0. The van der Waals surface area contributed by atoms with Gasteiger partial charge in [0.15, 0.2) is 0 Å². The van der Waals surface area contributed by atoms with E-state index in [-0.39, 0.29) is 5.57 Å². The molecule has 76 valence electrons. The number of hydrogen-bond acceptors (Lipinski definition) is 2. The van der Waals surface area contributed by atoms with Crippen LogP contribution in [-0.4, -0.2) is 11.1 Å². The minimum absolute atomic E-state index is 0.176. The largest absolute Gasteiger partial charge is 0.478 e. The number of nitrogen functional groups attached to an aromatic ring is 1. The predicted molar refractivity (Wildman–Crippen MR) is 58.0 cm³/mol. The summed E-state index contributed by atoms with van der Waals surface area (Å²) in [5, 5.41) is 7.89. The van der Waals surface area contributed by atoms with E-state index >= 15 is 0 Å². The Morgan fingerprint density at radius 1 is 1.50 bits per heavy atom. The number of nitrogens with two attached hydrogens (primary N) is 1. The minimum atomic E-state index is -0.935. The summed E-state index contributed by atoms with van der Waals surface area (Å²) in [4.78, 5) is 9.60. The molecule has 0 heterocycles. The summed E-state index contributed by atoms with van der Waals surface area (Å²) in [5.41, 5.74) is 7.69. The van der Waals surface area contributed by atoms with Crippen LogP contribution in [0.1, 0.15) is 12.5 Å². The standard InChI is InChI=1S/C7H9N.C4H6O2/c1-6-3-2-4-7(8)5-6;1-3(2)4(5)6/h2-5H,8H2,1H3;1H2,2H3,(H,5,6). The van der Waals surface area contributed by atoms with E-state index < -0.39 is 5.97 Å². The van der Waals surface area contributed by atoms with Crippen LogP contribution in [0, 0.1) is 6.92 Å². The lowest BCUT2D eigenvalue weighted by atomic mass is 10.2. The maximum absolute atomic E-state index is 9.60. The van der Waals surface area contributed by atoms with Crippen molar-refractivity contribution in [1.82, 2.24) is 0 Å². The van der Waals surface area contributed by atoms with Crippen molar-refractivity contribution >= 4 is 11.7 Å². The Bertz CT molecular complexity index is 303. The molecule has 0 aliphatic heterocycles. The van der Waals surface area contributed by atoms with Crippen LogP contribution in [0.4, 0.5) is 5.69 Å². The van der Waals surface area contributed by atoms with E-state index in [0.717, 1.165) is 5.69 Å². The number of carbonyl (C=O) groups is 1. The molecular weight excluding hydrogens is 178 g/mol. The van der Waals surface area contributed by atoms with E-state index in [1.165, 1.54) is 12.5 Å². The van der Waals surface area contributed by atoms with E-state index in [1.54, 1.807) is 0 Å². The Kier molecular flexibility index (Phi) is 5.07. The molecule has 0 radical (unpaired) electrons. The first-order valence-corrected chi connectivity index (χ1v) is 4.14. The van der Waals surface area contributed by atoms with Gasteiger partial charge in [0.2, 0.25) is 0 Å². The van der Waals surface area contributed by atoms with Gasteiger partial charge in [0.05, 0.1) is 0 Å². The van der Waals surface area contributed by atoms with E-state index in [1.807, 2.05) is 31.2 Å². The molecule has 1 aromatic carbocycles. The van der Waals surface area contributed by atoms with Crippen molar-refractivity contribution in [3.63, 3.8) is 0 Å². The normalized spacial score (nSPS) is 8.43. The summed E-state index contributed by atoms with van der Waals surface area (Å²) in [5.74, 6) is -0.935. The number of anilines is 1. The highest BCUT2D eigenvalue weighted by molar-refractivity contribution is 5.84. The van der Waals surface area contributed by atoms with Gasteiger partial charge in [0.1, 0.15) is 0 Å². The lowest BCUT2D eigenvalue weighted by Gasteiger charge is -1.91. The highest BCUT2D eigenvalue weighted by atomic mass is 16.4. The first-order valence-electron chi connectivity index (χ1n) is 4.14. The Hall–Kier alpha value is -1.77. The second-order valence-corrected chi connectivity index (χ2v) is 3.00. The van der Waals surface area contributed by atoms with Crippen LogP contribution in [-0.2, 0) is 4.79 Å². The van der Waals surface area contributed by atoms with E-state index in [9.17, 15) is 4.79 Å². The van der Waals surface area contributed by atoms with Crippen LogP contribution in [0.3, 0.4) is 0 Å². The number of rotatable bonds is 1. The Balaban J connectivity index is 0.000000255. The zero-order valence-corrected chi connectivity index (χ0v) is 8.45. The van der Waals surface area contributed by atoms with Crippen LogP contribution >= 0.6 is 0 Å². The van der Waals surface area contributed by atoms with Gasteiger partial charge in [-0.05, 0) is 31.5 Å². The van der Waals surface area contributed by atoms with Crippen LogP contribution < -0.4 is 5.73 Å². The van der Waals surface area contributed by atoms with Gasteiger partial charge < -0.3 is 10.8 Å². The fourth-order valence-corrected chi connectivity index (χ4v) is 0.670. The first kappa shape index (κ1) is 12.2. The molecular formula is C11H15NO2. The fourth-order valence-electron chi connectivity index (χ4n) is 0.670. The molecule has 0 atom stereocenters. The molecule has 0 aliphatic carbocycles. The Morgan fingerprint density at radius 2 is 2.00 bits per heavy atom. The molecule has 3 N–H and O–H groups in total. The van der Waals surface area contributed by atoms with Crippen molar-refractivity contribution in [2.24, 2.45) is 0 Å². The summed E-state index contributed by atoms with van der Waals surface area (Å²) in [6.45, 7) is 6.63. The SMILES string of the molecule is C=C(C)C(=O)O.Cc1cccc(N)c1. The number of hydrogen-bond donors (Lipinski definition) is 2. The lowest BCUT2D eigenvalue weighted by molar-refractivity contribution is -0.132.